The molecule has 0 aromatic rings. The summed E-state index contributed by atoms with van der Waals surface area (Å²) in [6, 6.07) is 1.87. The summed E-state index contributed by atoms with van der Waals surface area (Å²) in [5.74, 6) is -0.435. The summed E-state index contributed by atoms with van der Waals surface area (Å²) in [5.41, 5.74) is 4.70. The fraction of sp³-hybridized carbons (Fsp3) is 0.706. The van der Waals surface area contributed by atoms with Crippen molar-refractivity contribution in [3.05, 3.63) is 11.8 Å². The zero-order valence-electron chi connectivity index (χ0n) is 15.6. The molecule has 1 fully saturated rings. The minimum atomic E-state index is -0.691. The van der Waals surface area contributed by atoms with Gasteiger partial charge in [0, 0.05) is 32.4 Å². The molecular formula is C17H28N4O4. The van der Waals surface area contributed by atoms with E-state index >= 15 is 0 Å². The molecule has 2 N–H and O–H groups in total. The number of carbonyl (C=O) groups is 2. The quantitative estimate of drug-likeness (QED) is 0.602. The zero-order chi connectivity index (χ0) is 19.2. The van der Waals surface area contributed by atoms with Crippen LogP contribution in [-0.4, -0.2) is 65.8 Å². The summed E-state index contributed by atoms with van der Waals surface area (Å²) in [7, 11) is 0. The van der Waals surface area contributed by atoms with E-state index in [1.807, 2.05) is 19.9 Å². The average Bonchev–Trinajstić information content (AvgIpc) is 2.48. The SMILES string of the molecule is CC1CN(C(=O)/C(C#N)=C\N(CCN)C(=O)OC(C)(C)C)CC(C)O1. The molecule has 1 saturated heterocycles. The monoisotopic (exact) mass is 352 g/mol. The Balaban J connectivity index is 2.98. The molecule has 8 nitrogen and oxygen atoms in total. The van der Waals surface area contributed by atoms with Gasteiger partial charge in [-0.25, -0.2) is 4.79 Å². The molecule has 1 aliphatic rings. The highest BCUT2D eigenvalue weighted by molar-refractivity contribution is 5.97. The lowest BCUT2D eigenvalue weighted by molar-refractivity contribution is -0.138. The maximum Gasteiger partial charge on any atom is 0.414 e. The second kappa shape index (κ2) is 8.83. The highest BCUT2D eigenvalue weighted by Crippen LogP contribution is 2.15. The van der Waals surface area contributed by atoms with Crippen molar-refractivity contribution in [1.29, 1.82) is 5.26 Å². The van der Waals surface area contributed by atoms with Crippen LogP contribution >= 0.6 is 0 Å². The number of carbonyl (C=O) groups excluding carboxylic acids is 2. The lowest BCUT2D eigenvalue weighted by Crippen LogP contribution is -2.48. The van der Waals surface area contributed by atoms with Crippen LogP contribution in [-0.2, 0) is 14.3 Å². The van der Waals surface area contributed by atoms with E-state index in [0.717, 1.165) is 4.90 Å². The first kappa shape index (κ1) is 20.9. The summed E-state index contributed by atoms with van der Waals surface area (Å²) in [5, 5.41) is 9.38. The van der Waals surface area contributed by atoms with Gasteiger partial charge in [0.05, 0.1) is 12.2 Å². The fourth-order valence-corrected chi connectivity index (χ4v) is 2.47. The van der Waals surface area contributed by atoms with Crippen LogP contribution < -0.4 is 5.73 Å². The predicted octanol–water partition coefficient (Wildman–Crippen LogP) is 1.23. The maximum atomic E-state index is 12.6. The third-order valence-corrected chi connectivity index (χ3v) is 3.34. The Bertz CT molecular complexity index is 552. The molecule has 0 aromatic carbocycles. The van der Waals surface area contributed by atoms with Crippen molar-refractivity contribution in [2.24, 2.45) is 5.73 Å². The van der Waals surface area contributed by atoms with Crippen molar-refractivity contribution >= 4 is 12.0 Å². The molecule has 1 aliphatic heterocycles. The first-order valence-corrected chi connectivity index (χ1v) is 8.33. The highest BCUT2D eigenvalue weighted by Gasteiger charge is 2.29. The second-order valence-electron chi connectivity index (χ2n) is 7.08. The number of ether oxygens (including phenoxy) is 2. The van der Waals surface area contributed by atoms with Gasteiger partial charge in [-0.15, -0.1) is 0 Å². The highest BCUT2D eigenvalue weighted by atomic mass is 16.6. The molecule has 25 heavy (non-hydrogen) atoms. The molecule has 2 amide bonds. The molecule has 0 radical (unpaired) electrons. The average molecular weight is 352 g/mol. The van der Waals surface area contributed by atoms with Crippen LogP contribution in [0.15, 0.2) is 11.8 Å². The molecule has 1 rings (SSSR count). The van der Waals surface area contributed by atoms with Gasteiger partial charge in [-0.1, -0.05) is 0 Å². The van der Waals surface area contributed by atoms with Crippen molar-refractivity contribution in [3.63, 3.8) is 0 Å². The minimum Gasteiger partial charge on any atom is -0.443 e. The Morgan fingerprint density at radius 1 is 1.36 bits per heavy atom. The Morgan fingerprint density at radius 2 is 1.92 bits per heavy atom. The maximum absolute atomic E-state index is 12.6. The summed E-state index contributed by atoms with van der Waals surface area (Å²) in [6.45, 7) is 10.1. The number of hydrogen-bond acceptors (Lipinski definition) is 6. The summed E-state index contributed by atoms with van der Waals surface area (Å²) >= 11 is 0. The van der Waals surface area contributed by atoms with Crippen molar-refractivity contribution in [2.75, 3.05) is 26.2 Å². The van der Waals surface area contributed by atoms with E-state index in [1.54, 1.807) is 25.7 Å². The van der Waals surface area contributed by atoms with Gasteiger partial charge in [-0.3, -0.25) is 9.69 Å². The number of rotatable bonds is 4. The lowest BCUT2D eigenvalue weighted by atomic mass is 10.2. The zero-order valence-corrected chi connectivity index (χ0v) is 15.6. The number of hydrogen-bond donors (Lipinski definition) is 1. The molecule has 1 heterocycles. The number of nitrogens with two attached hydrogens (primary N) is 1. The van der Waals surface area contributed by atoms with Crippen molar-refractivity contribution in [2.45, 2.75) is 52.4 Å². The smallest absolute Gasteiger partial charge is 0.414 e. The van der Waals surface area contributed by atoms with Crippen molar-refractivity contribution in [3.8, 4) is 6.07 Å². The second-order valence-corrected chi connectivity index (χ2v) is 7.08. The summed E-state index contributed by atoms with van der Waals surface area (Å²) < 4.78 is 10.9. The number of nitriles is 1. The van der Waals surface area contributed by atoms with Crippen LogP contribution in [0.5, 0.6) is 0 Å². The molecule has 8 heteroatoms. The van der Waals surface area contributed by atoms with Gasteiger partial charge >= 0.3 is 6.09 Å². The van der Waals surface area contributed by atoms with Gasteiger partial charge in [0.25, 0.3) is 5.91 Å². The van der Waals surface area contributed by atoms with E-state index in [0.29, 0.717) is 13.1 Å². The first-order chi connectivity index (χ1) is 11.6. The van der Waals surface area contributed by atoms with Crippen molar-refractivity contribution in [1.82, 2.24) is 9.80 Å². The van der Waals surface area contributed by atoms with Gasteiger partial charge in [0.2, 0.25) is 0 Å². The largest absolute Gasteiger partial charge is 0.443 e. The van der Waals surface area contributed by atoms with Crippen LogP contribution in [0.1, 0.15) is 34.6 Å². The minimum absolute atomic E-state index is 0.112. The summed E-state index contributed by atoms with van der Waals surface area (Å²) in [4.78, 5) is 27.6. The van der Waals surface area contributed by atoms with E-state index in [9.17, 15) is 14.9 Å². The predicted molar refractivity (Wildman–Crippen MR) is 92.3 cm³/mol. The standard InChI is InChI=1S/C17H28N4O4/c1-12-9-21(10-13(2)24-12)15(22)14(8-19)11-20(7-6-18)16(23)25-17(3,4)5/h11-13H,6-7,9-10,18H2,1-5H3/b14-11-. The van der Waals surface area contributed by atoms with Gasteiger partial charge < -0.3 is 20.1 Å². The van der Waals surface area contributed by atoms with E-state index in [-0.39, 0.29) is 30.9 Å². The van der Waals surface area contributed by atoms with Crippen LogP contribution in [0.4, 0.5) is 4.79 Å². The number of nitrogens with zero attached hydrogens (tertiary/aromatic N) is 3. The van der Waals surface area contributed by atoms with Crippen LogP contribution in [0.25, 0.3) is 0 Å². The normalized spacial score (nSPS) is 21.5. The molecule has 2 unspecified atom stereocenters. The van der Waals surface area contributed by atoms with Crippen LogP contribution in [0.2, 0.25) is 0 Å². The third kappa shape index (κ3) is 6.72. The molecule has 0 aromatic heterocycles. The van der Waals surface area contributed by atoms with E-state index in [4.69, 9.17) is 15.2 Å². The number of amides is 2. The molecule has 0 bridgehead atoms. The summed E-state index contributed by atoms with van der Waals surface area (Å²) in [6.07, 6.45) is 0.341. The number of morpholine rings is 1. The first-order valence-electron chi connectivity index (χ1n) is 8.33. The molecule has 0 spiro atoms. The Hall–Kier alpha value is -2.11. The van der Waals surface area contributed by atoms with Crippen molar-refractivity contribution < 1.29 is 19.1 Å². The molecule has 2 atom stereocenters. The molecular weight excluding hydrogens is 324 g/mol. The molecule has 0 aliphatic carbocycles. The topological polar surface area (TPSA) is 109 Å². The van der Waals surface area contributed by atoms with Gasteiger partial charge in [0.1, 0.15) is 17.2 Å². The van der Waals surface area contributed by atoms with E-state index in [2.05, 4.69) is 0 Å². The van der Waals surface area contributed by atoms with E-state index < -0.39 is 17.6 Å². The molecule has 140 valence electrons. The fourth-order valence-electron chi connectivity index (χ4n) is 2.47. The Morgan fingerprint density at radius 3 is 2.36 bits per heavy atom. The Labute approximate surface area is 149 Å². The third-order valence-electron chi connectivity index (χ3n) is 3.34. The molecule has 0 saturated carbocycles. The van der Waals surface area contributed by atoms with E-state index in [1.165, 1.54) is 6.20 Å². The van der Waals surface area contributed by atoms with Gasteiger partial charge in [-0.05, 0) is 34.6 Å². The lowest BCUT2D eigenvalue weighted by Gasteiger charge is -2.35. The Kier molecular flexibility index (Phi) is 7.39. The van der Waals surface area contributed by atoms with Crippen LogP contribution in [0, 0.1) is 11.3 Å². The van der Waals surface area contributed by atoms with Crippen LogP contribution in [0.3, 0.4) is 0 Å². The van der Waals surface area contributed by atoms with Gasteiger partial charge in [0.15, 0.2) is 0 Å². The van der Waals surface area contributed by atoms with Gasteiger partial charge in [-0.2, -0.15) is 5.26 Å².